The summed E-state index contributed by atoms with van der Waals surface area (Å²) in [4.78, 5) is 23.4. The number of methoxy groups -OCH3 is 1. The van der Waals surface area contributed by atoms with E-state index in [9.17, 15) is 9.59 Å². The number of hydrogen-bond acceptors (Lipinski definition) is 3. The molecule has 1 amide bonds. The van der Waals surface area contributed by atoms with Gasteiger partial charge in [-0.05, 0) is 19.3 Å². The van der Waals surface area contributed by atoms with E-state index in [1.807, 2.05) is 0 Å². The first-order valence-corrected chi connectivity index (χ1v) is 5.52. The molecule has 0 spiro atoms. The van der Waals surface area contributed by atoms with Crippen molar-refractivity contribution in [2.75, 3.05) is 27.3 Å². The van der Waals surface area contributed by atoms with Gasteiger partial charge in [-0.3, -0.25) is 9.59 Å². The van der Waals surface area contributed by atoms with Crippen LogP contribution in [-0.4, -0.2) is 49.2 Å². The summed E-state index contributed by atoms with van der Waals surface area (Å²) >= 11 is 0. The first kappa shape index (κ1) is 14.9. The van der Waals surface area contributed by atoms with Crippen molar-refractivity contribution in [3.8, 4) is 0 Å². The highest BCUT2D eigenvalue weighted by molar-refractivity contribution is 5.75. The van der Waals surface area contributed by atoms with Gasteiger partial charge < -0.3 is 14.7 Å². The van der Waals surface area contributed by atoms with E-state index in [-0.39, 0.29) is 12.3 Å². The van der Waals surface area contributed by atoms with Crippen molar-refractivity contribution in [3.05, 3.63) is 0 Å². The summed E-state index contributed by atoms with van der Waals surface area (Å²) in [5.41, 5.74) is 0. The molecule has 0 heterocycles. The van der Waals surface area contributed by atoms with E-state index in [0.717, 1.165) is 12.8 Å². The molecule has 1 N–H and O–H groups in total. The smallest absolute Gasteiger partial charge is 0.303 e. The Labute approximate surface area is 96.4 Å². The number of nitrogens with zero attached hydrogens (tertiary/aromatic N) is 1. The van der Waals surface area contributed by atoms with Crippen molar-refractivity contribution in [1.82, 2.24) is 4.90 Å². The molecule has 0 aromatic carbocycles. The van der Waals surface area contributed by atoms with Gasteiger partial charge in [-0.1, -0.05) is 0 Å². The van der Waals surface area contributed by atoms with Gasteiger partial charge in [-0.2, -0.15) is 0 Å². The monoisotopic (exact) mass is 231 g/mol. The minimum absolute atomic E-state index is 0.0708. The second-order valence-electron chi connectivity index (χ2n) is 3.76. The number of amides is 1. The van der Waals surface area contributed by atoms with Crippen molar-refractivity contribution in [3.63, 3.8) is 0 Å². The van der Waals surface area contributed by atoms with E-state index in [2.05, 4.69) is 0 Å². The fourth-order valence-electron chi connectivity index (χ4n) is 1.31. The molecule has 0 aromatic heterocycles. The van der Waals surface area contributed by atoms with Gasteiger partial charge in [0, 0.05) is 40.2 Å². The maximum Gasteiger partial charge on any atom is 0.303 e. The number of aliphatic carboxylic acids is 1. The molecule has 0 unspecified atom stereocenters. The van der Waals surface area contributed by atoms with E-state index in [0.29, 0.717) is 26.0 Å². The Balaban J connectivity index is 3.53. The molecule has 0 fully saturated rings. The number of carboxylic acids is 1. The number of ether oxygens (including phenoxy) is 1. The molecular weight excluding hydrogens is 210 g/mol. The third-order valence-corrected chi connectivity index (χ3v) is 2.30. The van der Waals surface area contributed by atoms with Gasteiger partial charge in [0.1, 0.15) is 0 Å². The van der Waals surface area contributed by atoms with Crippen LogP contribution in [0, 0.1) is 0 Å². The zero-order valence-electron chi connectivity index (χ0n) is 10.1. The second kappa shape index (κ2) is 9.15. The molecule has 5 nitrogen and oxygen atoms in total. The molecule has 0 aliphatic rings. The number of rotatable bonds is 9. The Kier molecular flexibility index (Phi) is 8.52. The maximum absolute atomic E-state index is 11.5. The van der Waals surface area contributed by atoms with Gasteiger partial charge >= 0.3 is 5.97 Å². The fraction of sp³-hybridized carbons (Fsp3) is 0.818. The topological polar surface area (TPSA) is 66.8 Å². The summed E-state index contributed by atoms with van der Waals surface area (Å²) in [5.74, 6) is -0.748. The molecule has 0 rings (SSSR count). The molecule has 0 aliphatic carbocycles. The van der Waals surface area contributed by atoms with Crippen molar-refractivity contribution < 1.29 is 19.4 Å². The Morgan fingerprint density at radius 3 is 2.44 bits per heavy atom. The number of carbonyl (C=O) groups is 2. The van der Waals surface area contributed by atoms with E-state index in [4.69, 9.17) is 9.84 Å². The lowest BCUT2D eigenvalue weighted by atomic mass is 10.2. The third-order valence-electron chi connectivity index (χ3n) is 2.30. The van der Waals surface area contributed by atoms with Crippen LogP contribution in [0.5, 0.6) is 0 Å². The molecule has 0 aromatic rings. The Bertz CT molecular complexity index is 218. The Morgan fingerprint density at radius 1 is 1.19 bits per heavy atom. The lowest BCUT2D eigenvalue weighted by Gasteiger charge is -2.16. The average molecular weight is 231 g/mol. The fourth-order valence-corrected chi connectivity index (χ4v) is 1.31. The summed E-state index contributed by atoms with van der Waals surface area (Å²) in [6, 6.07) is 0. The molecule has 16 heavy (non-hydrogen) atoms. The van der Waals surface area contributed by atoms with E-state index < -0.39 is 5.97 Å². The van der Waals surface area contributed by atoms with Gasteiger partial charge in [-0.25, -0.2) is 0 Å². The number of hydrogen-bond donors (Lipinski definition) is 1. The quantitative estimate of drug-likeness (QED) is 0.604. The van der Waals surface area contributed by atoms with E-state index >= 15 is 0 Å². The summed E-state index contributed by atoms with van der Waals surface area (Å²) in [7, 11) is 3.35. The zero-order chi connectivity index (χ0) is 12.4. The van der Waals surface area contributed by atoms with Crippen molar-refractivity contribution in [2.24, 2.45) is 0 Å². The molecule has 0 saturated heterocycles. The highest BCUT2D eigenvalue weighted by atomic mass is 16.5. The molecule has 0 saturated carbocycles. The predicted octanol–water partition coefficient (Wildman–Crippen LogP) is 1.13. The summed E-state index contributed by atoms with van der Waals surface area (Å²) in [6.07, 6.45) is 2.82. The molecule has 5 heteroatoms. The minimum atomic E-state index is -0.819. The van der Waals surface area contributed by atoms with Crippen LogP contribution in [0.1, 0.15) is 32.1 Å². The van der Waals surface area contributed by atoms with Gasteiger partial charge in [0.25, 0.3) is 0 Å². The Hall–Kier alpha value is -1.10. The lowest BCUT2D eigenvalue weighted by Crippen LogP contribution is -2.27. The number of carbonyl (C=O) groups excluding carboxylic acids is 1. The predicted molar refractivity (Wildman–Crippen MR) is 60.2 cm³/mol. The third kappa shape index (κ3) is 8.23. The van der Waals surface area contributed by atoms with Crippen LogP contribution in [0.3, 0.4) is 0 Å². The average Bonchev–Trinajstić information content (AvgIpc) is 2.23. The van der Waals surface area contributed by atoms with Gasteiger partial charge in [0.15, 0.2) is 0 Å². The van der Waals surface area contributed by atoms with Crippen molar-refractivity contribution >= 4 is 11.9 Å². The summed E-state index contributed by atoms with van der Waals surface area (Å²) in [6.45, 7) is 1.19. The highest BCUT2D eigenvalue weighted by Gasteiger charge is 2.08. The highest BCUT2D eigenvalue weighted by Crippen LogP contribution is 2.01. The molecule has 0 aliphatic heterocycles. The van der Waals surface area contributed by atoms with E-state index in [1.165, 1.54) is 0 Å². The van der Waals surface area contributed by atoms with Gasteiger partial charge in [0.05, 0.1) is 0 Å². The maximum atomic E-state index is 11.5. The first-order chi connectivity index (χ1) is 7.57. The van der Waals surface area contributed by atoms with Crippen LogP contribution >= 0.6 is 0 Å². The van der Waals surface area contributed by atoms with Crippen LogP contribution in [0.2, 0.25) is 0 Å². The molecule has 0 radical (unpaired) electrons. The minimum Gasteiger partial charge on any atom is -0.481 e. The molecule has 0 atom stereocenters. The van der Waals surface area contributed by atoms with Gasteiger partial charge in [0.2, 0.25) is 5.91 Å². The summed E-state index contributed by atoms with van der Waals surface area (Å²) in [5, 5.41) is 8.45. The second-order valence-corrected chi connectivity index (χ2v) is 3.76. The van der Waals surface area contributed by atoms with Crippen LogP contribution in [0.25, 0.3) is 0 Å². The van der Waals surface area contributed by atoms with Gasteiger partial charge in [-0.15, -0.1) is 0 Å². The van der Waals surface area contributed by atoms with Crippen molar-refractivity contribution in [2.45, 2.75) is 32.1 Å². The van der Waals surface area contributed by atoms with Crippen LogP contribution < -0.4 is 0 Å². The molecule has 94 valence electrons. The normalized spacial score (nSPS) is 10.1. The van der Waals surface area contributed by atoms with Crippen molar-refractivity contribution in [1.29, 1.82) is 0 Å². The largest absolute Gasteiger partial charge is 0.481 e. The SMILES string of the molecule is COCCCCC(=O)N(C)CCCC(=O)O. The lowest BCUT2D eigenvalue weighted by molar-refractivity contribution is -0.138. The summed E-state index contributed by atoms with van der Waals surface area (Å²) < 4.78 is 4.89. The Morgan fingerprint density at radius 2 is 1.88 bits per heavy atom. The van der Waals surface area contributed by atoms with Crippen LogP contribution in [-0.2, 0) is 14.3 Å². The van der Waals surface area contributed by atoms with Crippen LogP contribution in [0.4, 0.5) is 0 Å². The standard InChI is InChI=1S/C11H21NO4/c1-12(8-5-7-11(14)15)10(13)6-3-4-9-16-2/h3-9H2,1-2H3,(H,14,15). The first-order valence-electron chi connectivity index (χ1n) is 5.52. The molecule has 0 bridgehead atoms. The number of carboxylic acid groups (broad SMARTS) is 1. The number of unbranched alkanes of at least 4 members (excludes halogenated alkanes) is 1. The zero-order valence-corrected chi connectivity index (χ0v) is 10.1. The molecular formula is C11H21NO4. The van der Waals surface area contributed by atoms with Crippen LogP contribution in [0.15, 0.2) is 0 Å². The van der Waals surface area contributed by atoms with E-state index in [1.54, 1.807) is 19.1 Å².